The molecular weight excluding hydrogens is 810 g/mol. The fourth-order valence-corrected chi connectivity index (χ4v) is 7.25. The van der Waals surface area contributed by atoms with Gasteiger partial charge in [0, 0.05) is 61.9 Å². The zero-order chi connectivity index (χ0) is 43.6. The maximum Gasteiger partial charge on any atom is 0.433 e. The molecule has 20 heteroatoms. The Kier molecular flexibility index (Phi) is 12.8. The number of aliphatic hydroxyl groups is 1. The van der Waals surface area contributed by atoms with Gasteiger partial charge in [-0.2, -0.15) is 30.7 Å². The van der Waals surface area contributed by atoms with E-state index in [0.29, 0.717) is 62.6 Å². The molecular formula is C40H39F8N7O5. The summed E-state index contributed by atoms with van der Waals surface area (Å²) in [6.45, 7) is 0.592. The molecule has 0 radical (unpaired) electrons. The molecule has 2 aromatic heterocycles. The Balaban J connectivity index is 1.38. The molecule has 1 spiro atoms. The predicted octanol–water partition coefficient (Wildman–Crippen LogP) is 7.43. The molecule has 12 nitrogen and oxygen atoms in total. The van der Waals surface area contributed by atoms with E-state index in [2.05, 4.69) is 20.3 Å². The van der Waals surface area contributed by atoms with Gasteiger partial charge in [0.25, 0.3) is 11.8 Å². The third-order valence-electron chi connectivity index (χ3n) is 10.5. The van der Waals surface area contributed by atoms with Gasteiger partial charge in [-0.25, -0.2) is 19.4 Å². The first-order valence-electron chi connectivity index (χ1n) is 18.5. The summed E-state index contributed by atoms with van der Waals surface area (Å²) in [5, 5.41) is 16.3. The van der Waals surface area contributed by atoms with Gasteiger partial charge < -0.3 is 24.8 Å². The predicted molar refractivity (Wildman–Crippen MR) is 200 cm³/mol. The summed E-state index contributed by atoms with van der Waals surface area (Å²) in [7, 11) is 4.77. The molecule has 2 N–H and O–H groups in total. The second-order valence-electron chi connectivity index (χ2n) is 14.3. The Morgan fingerprint density at radius 3 is 2.33 bits per heavy atom. The number of amides is 2. The van der Waals surface area contributed by atoms with Gasteiger partial charge in [-0.05, 0) is 56.3 Å². The van der Waals surface area contributed by atoms with Crippen molar-refractivity contribution in [3.63, 3.8) is 0 Å². The van der Waals surface area contributed by atoms with Gasteiger partial charge in [0.15, 0.2) is 11.6 Å². The fraction of sp³-hybridized carbons (Fsp3) is 0.375. The summed E-state index contributed by atoms with van der Waals surface area (Å²) in [6, 6.07) is 6.64. The van der Waals surface area contributed by atoms with Crippen LogP contribution >= 0.6 is 0 Å². The number of carbonyl (C=O) groups is 2. The van der Waals surface area contributed by atoms with Crippen LogP contribution in [0.3, 0.4) is 0 Å². The number of alkyl halides is 6. The van der Waals surface area contributed by atoms with Crippen LogP contribution in [-0.2, 0) is 33.2 Å². The highest BCUT2D eigenvalue weighted by atomic mass is 19.4. The second-order valence-corrected chi connectivity index (χ2v) is 14.3. The van der Waals surface area contributed by atoms with E-state index in [1.165, 1.54) is 30.5 Å². The number of likely N-dealkylation sites (N-methyl/N-ethyl adjacent to an activating group) is 2. The average Bonchev–Trinajstić information content (AvgIpc) is 3.71. The first-order valence-corrected chi connectivity index (χ1v) is 18.5. The highest BCUT2D eigenvalue weighted by Crippen LogP contribution is 2.46. The molecule has 0 atom stereocenters. The van der Waals surface area contributed by atoms with Crippen LogP contribution in [-0.4, -0.2) is 99.8 Å². The van der Waals surface area contributed by atoms with Crippen LogP contribution in [0.4, 0.5) is 40.8 Å². The molecule has 3 heterocycles. The maximum atomic E-state index is 16.2. The standard InChI is InChI=1S/C40H39F8N7O5/c1-53(13-15-59-3)14-16-60-34-26(23-7-6-12-49-20-23)17-24(32(41)33(34)42)21-55-37(58)31(35(56)38(54(55)2)10-4-5-11-38)36(57)52-28-9-8-25(39(43,44)45)18-27(28)29-19-30(40(46,47)48)51-22-50-29/h6-9,12,17-20,22,56H,4-5,10-11,13-16,21H2,1-3H3,(H,52,57). The number of rotatable bonds is 13. The fourth-order valence-electron chi connectivity index (χ4n) is 7.25. The third-order valence-corrected chi connectivity index (χ3v) is 10.5. The Morgan fingerprint density at radius 1 is 0.967 bits per heavy atom. The largest absolute Gasteiger partial charge is 0.509 e. The van der Waals surface area contributed by atoms with Crippen molar-refractivity contribution in [2.24, 2.45) is 0 Å². The third kappa shape index (κ3) is 8.90. The van der Waals surface area contributed by atoms with Crippen molar-refractivity contribution in [2.45, 2.75) is 50.1 Å². The van der Waals surface area contributed by atoms with Gasteiger partial charge in [-0.1, -0.05) is 18.9 Å². The van der Waals surface area contributed by atoms with Crippen LogP contribution in [0.15, 0.2) is 72.5 Å². The van der Waals surface area contributed by atoms with E-state index in [9.17, 15) is 41.0 Å². The van der Waals surface area contributed by atoms with Crippen LogP contribution < -0.4 is 10.1 Å². The summed E-state index contributed by atoms with van der Waals surface area (Å²) >= 11 is 0. The number of hydrogen-bond acceptors (Lipinski definition) is 10. The van der Waals surface area contributed by atoms with Crippen LogP contribution in [0, 0.1) is 11.6 Å². The van der Waals surface area contributed by atoms with Crippen molar-refractivity contribution >= 4 is 17.5 Å². The van der Waals surface area contributed by atoms with E-state index in [1.807, 2.05) is 4.90 Å². The monoisotopic (exact) mass is 849 g/mol. The van der Waals surface area contributed by atoms with E-state index in [4.69, 9.17) is 9.47 Å². The summed E-state index contributed by atoms with van der Waals surface area (Å²) < 4.78 is 125. The zero-order valence-electron chi connectivity index (χ0n) is 32.4. The second kappa shape index (κ2) is 17.5. The van der Waals surface area contributed by atoms with Crippen molar-refractivity contribution in [1.82, 2.24) is 29.9 Å². The lowest BCUT2D eigenvalue weighted by atomic mass is 9.88. The van der Waals surface area contributed by atoms with Crippen LogP contribution in [0.25, 0.3) is 22.4 Å². The van der Waals surface area contributed by atoms with Gasteiger partial charge in [0.05, 0.1) is 35.6 Å². The molecule has 2 aliphatic rings. The smallest absolute Gasteiger partial charge is 0.433 e. The lowest BCUT2D eigenvalue weighted by molar-refractivity contribution is -0.163. The summed E-state index contributed by atoms with van der Waals surface area (Å²) in [5.41, 5.74) is -6.69. The number of anilines is 1. The molecule has 1 aliphatic heterocycles. The molecule has 2 aromatic carbocycles. The molecule has 1 aliphatic carbocycles. The number of benzene rings is 2. The van der Waals surface area contributed by atoms with Gasteiger partial charge in [0.1, 0.15) is 30.0 Å². The first kappa shape index (κ1) is 43.8. The lowest BCUT2D eigenvalue weighted by Crippen LogP contribution is -2.62. The molecule has 2 amide bonds. The lowest BCUT2D eigenvalue weighted by Gasteiger charge is -2.48. The van der Waals surface area contributed by atoms with E-state index >= 15 is 8.78 Å². The van der Waals surface area contributed by atoms with E-state index < -0.39 is 93.2 Å². The minimum atomic E-state index is -5.01. The van der Waals surface area contributed by atoms with Crippen molar-refractivity contribution in [2.75, 3.05) is 52.8 Å². The summed E-state index contributed by atoms with van der Waals surface area (Å²) in [5.74, 6) is -6.35. The number of aromatic nitrogens is 3. The van der Waals surface area contributed by atoms with Crippen LogP contribution in [0.1, 0.15) is 42.5 Å². The number of halogens is 8. The Bertz CT molecular complexity index is 2270. The molecule has 1 fully saturated rings. The van der Waals surface area contributed by atoms with Crippen molar-refractivity contribution in [1.29, 1.82) is 0 Å². The van der Waals surface area contributed by atoms with E-state index in [0.717, 1.165) is 11.1 Å². The average molecular weight is 850 g/mol. The number of hydrogen-bond donors (Lipinski definition) is 2. The Hall–Kier alpha value is -5.73. The molecule has 4 aromatic rings. The Morgan fingerprint density at radius 2 is 1.68 bits per heavy atom. The molecule has 0 bridgehead atoms. The quantitative estimate of drug-likeness (QED) is 0.103. The molecule has 320 valence electrons. The minimum absolute atomic E-state index is 0.0387. The zero-order valence-corrected chi connectivity index (χ0v) is 32.4. The number of aliphatic hydroxyl groups excluding tert-OH is 1. The van der Waals surface area contributed by atoms with Gasteiger partial charge in [0.2, 0.25) is 5.82 Å². The van der Waals surface area contributed by atoms with Gasteiger partial charge in [-0.3, -0.25) is 19.6 Å². The SMILES string of the molecule is COCCN(C)CCOc1c(-c2cccnc2)cc(CN2C(=O)C(C(=O)Nc3ccc(C(F)(F)F)cc3-c3cc(C(F)(F)F)ncn3)=C(O)C3(CCCC3)N2C)c(F)c1F. The number of methoxy groups -OCH3 is 1. The molecule has 60 heavy (non-hydrogen) atoms. The number of pyridine rings is 1. The molecule has 0 unspecified atom stereocenters. The van der Waals surface area contributed by atoms with Crippen molar-refractivity contribution in [3.05, 3.63) is 101 Å². The summed E-state index contributed by atoms with van der Waals surface area (Å²) in [6.07, 6.45) is -5.16. The molecule has 1 saturated carbocycles. The number of ether oxygens (including phenoxy) is 2. The first-order chi connectivity index (χ1) is 28.4. The van der Waals surface area contributed by atoms with Gasteiger partial charge in [-0.15, -0.1) is 0 Å². The van der Waals surface area contributed by atoms with Gasteiger partial charge >= 0.3 is 12.4 Å². The number of carbonyl (C=O) groups excluding carboxylic acids is 2. The normalized spacial score (nSPS) is 16.0. The molecule has 0 saturated heterocycles. The highest BCUT2D eigenvalue weighted by molar-refractivity contribution is 6.24. The topological polar surface area (TPSA) is 133 Å². The van der Waals surface area contributed by atoms with Crippen LogP contribution in [0.2, 0.25) is 0 Å². The number of nitrogens with one attached hydrogen (secondary N) is 1. The highest BCUT2D eigenvalue weighted by Gasteiger charge is 2.53. The Labute approximate surface area is 338 Å². The number of nitrogens with zero attached hydrogens (tertiary/aromatic N) is 6. The van der Waals surface area contributed by atoms with Crippen molar-refractivity contribution in [3.8, 4) is 28.1 Å². The van der Waals surface area contributed by atoms with Crippen LogP contribution in [0.5, 0.6) is 5.75 Å². The maximum absolute atomic E-state index is 16.2. The van der Waals surface area contributed by atoms with E-state index in [1.54, 1.807) is 26.3 Å². The number of hydrazine groups is 1. The van der Waals surface area contributed by atoms with Crippen molar-refractivity contribution < 1.29 is 59.3 Å². The van der Waals surface area contributed by atoms with E-state index in [-0.39, 0.29) is 30.6 Å². The summed E-state index contributed by atoms with van der Waals surface area (Å²) in [4.78, 5) is 41.3. The molecule has 6 rings (SSSR count). The minimum Gasteiger partial charge on any atom is -0.509 e.